The summed E-state index contributed by atoms with van der Waals surface area (Å²) in [7, 11) is 0. The number of H-pyrrole nitrogens is 1. The Labute approximate surface area is 116 Å². The maximum Gasteiger partial charge on any atom is 0.323 e. The fourth-order valence-corrected chi connectivity index (χ4v) is 2.04. The van der Waals surface area contributed by atoms with Crippen molar-refractivity contribution in [3.05, 3.63) is 54.2 Å². The van der Waals surface area contributed by atoms with E-state index in [0.29, 0.717) is 0 Å². The van der Waals surface area contributed by atoms with E-state index in [1.54, 1.807) is 6.20 Å². The fourth-order valence-electron chi connectivity index (χ4n) is 2.04. The van der Waals surface area contributed by atoms with Gasteiger partial charge in [-0.1, -0.05) is 12.1 Å². The van der Waals surface area contributed by atoms with Crippen molar-refractivity contribution in [3.8, 4) is 0 Å². The molecule has 100 valence electrons. The summed E-state index contributed by atoms with van der Waals surface area (Å²) < 4.78 is 0. The van der Waals surface area contributed by atoms with Crippen LogP contribution in [0.25, 0.3) is 10.9 Å². The quantitative estimate of drug-likeness (QED) is 0.664. The van der Waals surface area contributed by atoms with Crippen molar-refractivity contribution in [1.29, 1.82) is 0 Å². The Morgan fingerprint density at radius 3 is 2.70 bits per heavy atom. The Hall–Kier alpha value is -2.82. The molecule has 2 aromatic carbocycles. The van der Waals surface area contributed by atoms with E-state index in [-0.39, 0.29) is 6.03 Å². The molecule has 0 bridgehead atoms. The number of aryl methyl sites for hydroxylation is 1. The molecule has 0 atom stereocenters. The largest absolute Gasteiger partial charge is 0.323 e. The Balaban J connectivity index is 1.72. The maximum absolute atomic E-state index is 11.9. The van der Waals surface area contributed by atoms with Gasteiger partial charge in [0.2, 0.25) is 0 Å². The number of amides is 2. The Bertz CT molecular complexity index is 763. The number of aromatic nitrogens is 2. The summed E-state index contributed by atoms with van der Waals surface area (Å²) in [6, 6.07) is 13.0. The number of hydrogen-bond acceptors (Lipinski definition) is 2. The van der Waals surface area contributed by atoms with Crippen molar-refractivity contribution in [2.24, 2.45) is 0 Å². The van der Waals surface area contributed by atoms with E-state index in [9.17, 15) is 4.79 Å². The summed E-state index contributed by atoms with van der Waals surface area (Å²) in [6.45, 7) is 1.98. The Morgan fingerprint density at radius 1 is 1.10 bits per heavy atom. The minimum Gasteiger partial charge on any atom is -0.308 e. The number of benzene rings is 2. The molecule has 5 nitrogen and oxygen atoms in total. The van der Waals surface area contributed by atoms with Gasteiger partial charge in [-0.15, -0.1) is 0 Å². The number of carbonyl (C=O) groups excluding carboxylic acids is 1. The highest BCUT2D eigenvalue weighted by molar-refractivity contribution is 6.00. The molecule has 0 unspecified atom stereocenters. The molecule has 0 aliphatic carbocycles. The molecule has 0 aliphatic rings. The minimum atomic E-state index is -0.265. The van der Waals surface area contributed by atoms with Crippen molar-refractivity contribution in [2.45, 2.75) is 6.92 Å². The Kier molecular flexibility index (Phi) is 3.09. The molecular weight excluding hydrogens is 252 g/mol. The molecule has 0 saturated heterocycles. The van der Waals surface area contributed by atoms with Crippen LogP contribution in [-0.2, 0) is 0 Å². The van der Waals surface area contributed by atoms with Gasteiger partial charge in [0.25, 0.3) is 0 Å². The number of fused-ring (bicyclic) bond motifs is 1. The van der Waals surface area contributed by atoms with Gasteiger partial charge in [-0.25, -0.2) is 4.79 Å². The van der Waals surface area contributed by atoms with Crippen LogP contribution in [0.5, 0.6) is 0 Å². The smallest absolute Gasteiger partial charge is 0.308 e. The lowest BCUT2D eigenvalue weighted by Gasteiger charge is -2.08. The lowest BCUT2D eigenvalue weighted by atomic mass is 10.2. The second kappa shape index (κ2) is 5.05. The van der Waals surface area contributed by atoms with Crippen LogP contribution in [0.4, 0.5) is 16.2 Å². The van der Waals surface area contributed by atoms with Gasteiger partial charge in [0.15, 0.2) is 0 Å². The molecule has 20 heavy (non-hydrogen) atoms. The van der Waals surface area contributed by atoms with Gasteiger partial charge in [-0.05, 0) is 42.8 Å². The second-order valence-electron chi connectivity index (χ2n) is 4.62. The molecule has 1 aromatic heterocycles. The summed E-state index contributed by atoms with van der Waals surface area (Å²) in [5.74, 6) is 0. The maximum atomic E-state index is 11.9. The topological polar surface area (TPSA) is 69.8 Å². The van der Waals surface area contributed by atoms with Crippen LogP contribution in [0.1, 0.15) is 5.56 Å². The summed E-state index contributed by atoms with van der Waals surface area (Å²) >= 11 is 0. The lowest BCUT2D eigenvalue weighted by molar-refractivity contribution is 0.262. The summed E-state index contributed by atoms with van der Waals surface area (Å²) in [5, 5.41) is 13.4. The summed E-state index contributed by atoms with van der Waals surface area (Å²) in [5.41, 5.74) is 3.54. The van der Waals surface area contributed by atoms with Gasteiger partial charge < -0.3 is 10.6 Å². The van der Waals surface area contributed by atoms with Crippen LogP contribution in [0.2, 0.25) is 0 Å². The van der Waals surface area contributed by atoms with E-state index in [2.05, 4.69) is 20.8 Å². The molecule has 2 amide bonds. The third kappa shape index (κ3) is 2.61. The average Bonchev–Trinajstić information content (AvgIpc) is 2.86. The van der Waals surface area contributed by atoms with Crippen molar-refractivity contribution in [2.75, 3.05) is 10.6 Å². The van der Waals surface area contributed by atoms with E-state index in [1.165, 1.54) is 0 Å². The highest BCUT2D eigenvalue weighted by Crippen LogP contribution is 2.17. The highest BCUT2D eigenvalue weighted by atomic mass is 16.2. The first-order valence-corrected chi connectivity index (χ1v) is 6.28. The average molecular weight is 266 g/mol. The van der Waals surface area contributed by atoms with Crippen molar-refractivity contribution in [3.63, 3.8) is 0 Å². The molecule has 0 spiro atoms. The van der Waals surface area contributed by atoms with Crippen LogP contribution in [0.3, 0.4) is 0 Å². The third-order valence-electron chi connectivity index (χ3n) is 2.97. The van der Waals surface area contributed by atoms with Crippen LogP contribution in [0.15, 0.2) is 48.7 Å². The van der Waals surface area contributed by atoms with Gasteiger partial charge in [0.1, 0.15) is 0 Å². The van der Waals surface area contributed by atoms with Gasteiger partial charge in [0, 0.05) is 16.8 Å². The minimum absolute atomic E-state index is 0.265. The van der Waals surface area contributed by atoms with Crippen molar-refractivity contribution < 1.29 is 4.79 Å². The van der Waals surface area contributed by atoms with Crippen molar-refractivity contribution in [1.82, 2.24) is 10.2 Å². The zero-order valence-corrected chi connectivity index (χ0v) is 11.0. The first-order valence-electron chi connectivity index (χ1n) is 6.28. The number of aromatic amines is 1. The molecule has 3 N–H and O–H groups in total. The van der Waals surface area contributed by atoms with Gasteiger partial charge in [-0.2, -0.15) is 5.10 Å². The number of hydrogen-bond donors (Lipinski definition) is 3. The van der Waals surface area contributed by atoms with E-state index in [4.69, 9.17) is 0 Å². The molecule has 0 saturated carbocycles. The molecule has 3 rings (SSSR count). The first kappa shape index (κ1) is 12.2. The summed E-state index contributed by atoms with van der Waals surface area (Å²) in [6.07, 6.45) is 1.72. The van der Waals surface area contributed by atoms with Gasteiger partial charge in [-0.3, -0.25) is 5.10 Å². The molecule has 0 fully saturated rings. The van der Waals surface area contributed by atoms with E-state index >= 15 is 0 Å². The molecular formula is C15H14N4O. The van der Waals surface area contributed by atoms with Crippen LogP contribution in [0, 0.1) is 6.92 Å². The summed E-state index contributed by atoms with van der Waals surface area (Å²) in [4.78, 5) is 11.9. The fraction of sp³-hybridized carbons (Fsp3) is 0.0667. The SMILES string of the molecule is Cc1cccc(NC(=O)Nc2ccc3[nH]ncc3c2)c1. The second-order valence-corrected chi connectivity index (χ2v) is 4.62. The van der Waals surface area contributed by atoms with Crippen molar-refractivity contribution >= 4 is 28.3 Å². The molecule has 0 radical (unpaired) electrons. The number of carbonyl (C=O) groups is 1. The molecule has 5 heteroatoms. The third-order valence-corrected chi connectivity index (χ3v) is 2.97. The normalized spacial score (nSPS) is 10.4. The number of anilines is 2. The highest BCUT2D eigenvalue weighted by Gasteiger charge is 2.04. The van der Waals surface area contributed by atoms with Crippen LogP contribution < -0.4 is 10.6 Å². The monoisotopic (exact) mass is 266 g/mol. The lowest BCUT2D eigenvalue weighted by Crippen LogP contribution is -2.19. The molecule has 1 heterocycles. The van der Waals surface area contributed by atoms with Gasteiger partial charge >= 0.3 is 6.03 Å². The van der Waals surface area contributed by atoms with E-state index in [1.807, 2.05) is 49.4 Å². The van der Waals surface area contributed by atoms with Crippen LogP contribution >= 0.6 is 0 Å². The standard InChI is InChI=1S/C15H14N4O/c1-10-3-2-4-12(7-10)17-15(20)18-13-5-6-14-11(8-13)9-16-19-14/h2-9H,1H3,(H,16,19)(H2,17,18,20). The van der Waals surface area contributed by atoms with E-state index < -0.39 is 0 Å². The first-order chi connectivity index (χ1) is 9.70. The predicted molar refractivity (Wildman–Crippen MR) is 79.9 cm³/mol. The molecule has 3 aromatic rings. The van der Waals surface area contributed by atoms with Crippen LogP contribution in [-0.4, -0.2) is 16.2 Å². The predicted octanol–water partition coefficient (Wildman–Crippen LogP) is 3.52. The number of nitrogens with zero attached hydrogens (tertiary/aromatic N) is 1. The number of urea groups is 1. The zero-order chi connectivity index (χ0) is 13.9. The zero-order valence-electron chi connectivity index (χ0n) is 11.0. The Morgan fingerprint density at radius 2 is 1.90 bits per heavy atom. The number of rotatable bonds is 2. The van der Waals surface area contributed by atoms with E-state index in [0.717, 1.165) is 27.8 Å². The van der Waals surface area contributed by atoms with Gasteiger partial charge in [0.05, 0.1) is 11.7 Å². The number of nitrogens with one attached hydrogen (secondary N) is 3. The molecule has 0 aliphatic heterocycles.